The van der Waals surface area contributed by atoms with Crippen molar-refractivity contribution in [1.82, 2.24) is 0 Å². The molecule has 0 N–H and O–H groups in total. The lowest BCUT2D eigenvalue weighted by Gasteiger charge is -2.26. The lowest BCUT2D eigenvalue weighted by atomic mass is 9.79. The summed E-state index contributed by atoms with van der Waals surface area (Å²) in [6.45, 7) is 9.42. The van der Waals surface area contributed by atoms with Crippen LogP contribution in [0.25, 0.3) is 0 Å². The summed E-state index contributed by atoms with van der Waals surface area (Å²) >= 11 is 0. The van der Waals surface area contributed by atoms with Crippen LogP contribution >= 0.6 is 0 Å². The SMILES string of the molecule is C[C@@H]1/C=C\C(C)(C)/C=C2\[C@@H](CC[C@@H]2C)C1. The van der Waals surface area contributed by atoms with Gasteiger partial charge in [0.25, 0.3) is 0 Å². The minimum Gasteiger partial charge on any atom is -0.0848 e. The molecule has 1 saturated carbocycles. The Morgan fingerprint density at radius 1 is 1.20 bits per heavy atom. The number of fused-ring (bicyclic) bond motifs is 1. The number of allylic oxidation sites excluding steroid dienone is 4. The summed E-state index contributed by atoms with van der Waals surface area (Å²) in [6, 6.07) is 0. The minimum absolute atomic E-state index is 0.265. The standard InChI is InChI=1S/C15H24/c1-11-7-8-15(3,4)10-14-12(2)5-6-13(14)9-11/h7-8,10-13H,5-6,9H2,1-4H3/b8-7-,14-10-/t11-,12+,13+/m1/s1. The maximum atomic E-state index is 2.54. The minimum atomic E-state index is 0.265. The molecule has 84 valence electrons. The van der Waals surface area contributed by atoms with E-state index in [9.17, 15) is 0 Å². The van der Waals surface area contributed by atoms with Crippen molar-refractivity contribution in [2.45, 2.75) is 47.0 Å². The van der Waals surface area contributed by atoms with Crippen molar-refractivity contribution in [1.29, 1.82) is 0 Å². The van der Waals surface area contributed by atoms with Crippen LogP contribution in [0.3, 0.4) is 0 Å². The van der Waals surface area contributed by atoms with E-state index in [-0.39, 0.29) is 5.41 Å². The first-order chi connectivity index (χ1) is 6.98. The lowest BCUT2D eigenvalue weighted by molar-refractivity contribution is 0.473. The Hall–Kier alpha value is -0.520. The van der Waals surface area contributed by atoms with Crippen LogP contribution in [0.15, 0.2) is 23.8 Å². The normalized spacial score (nSPS) is 44.8. The molecule has 0 heterocycles. The van der Waals surface area contributed by atoms with Gasteiger partial charge in [0.15, 0.2) is 0 Å². The van der Waals surface area contributed by atoms with Crippen LogP contribution in [-0.2, 0) is 0 Å². The molecule has 15 heavy (non-hydrogen) atoms. The third-order valence-electron chi connectivity index (χ3n) is 4.04. The van der Waals surface area contributed by atoms with Gasteiger partial charge in [0.2, 0.25) is 0 Å². The van der Waals surface area contributed by atoms with E-state index >= 15 is 0 Å². The van der Waals surface area contributed by atoms with Gasteiger partial charge in [-0.1, -0.05) is 51.5 Å². The second-order valence-corrected chi connectivity index (χ2v) is 6.21. The monoisotopic (exact) mass is 204 g/mol. The maximum absolute atomic E-state index is 2.54. The molecule has 0 bridgehead atoms. The summed E-state index contributed by atoms with van der Waals surface area (Å²) in [7, 11) is 0. The molecule has 0 aromatic rings. The first-order valence-electron chi connectivity index (χ1n) is 6.40. The molecule has 3 atom stereocenters. The predicted molar refractivity (Wildman–Crippen MR) is 66.7 cm³/mol. The van der Waals surface area contributed by atoms with Gasteiger partial charge in [0.1, 0.15) is 0 Å². The molecular weight excluding hydrogens is 180 g/mol. The van der Waals surface area contributed by atoms with Crippen molar-refractivity contribution >= 4 is 0 Å². The first-order valence-corrected chi connectivity index (χ1v) is 6.40. The van der Waals surface area contributed by atoms with E-state index in [4.69, 9.17) is 0 Å². The molecule has 0 radical (unpaired) electrons. The highest BCUT2D eigenvalue weighted by atomic mass is 14.4. The maximum Gasteiger partial charge on any atom is 0.000738 e. The largest absolute Gasteiger partial charge is 0.0848 e. The van der Waals surface area contributed by atoms with E-state index < -0.39 is 0 Å². The third-order valence-corrected chi connectivity index (χ3v) is 4.04. The Morgan fingerprint density at radius 3 is 2.67 bits per heavy atom. The highest BCUT2D eigenvalue weighted by molar-refractivity contribution is 5.23. The van der Waals surface area contributed by atoms with Crippen molar-refractivity contribution < 1.29 is 0 Å². The molecule has 0 spiro atoms. The van der Waals surface area contributed by atoms with Crippen LogP contribution in [0.2, 0.25) is 0 Å². The first kappa shape index (κ1) is 11.0. The van der Waals surface area contributed by atoms with E-state index in [0.717, 1.165) is 17.8 Å². The molecule has 2 aliphatic rings. The summed E-state index contributed by atoms with van der Waals surface area (Å²) in [5, 5.41) is 0. The Kier molecular flexibility index (Phi) is 2.79. The topological polar surface area (TPSA) is 0 Å². The van der Waals surface area contributed by atoms with Gasteiger partial charge in [0.05, 0.1) is 0 Å². The van der Waals surface area contributed by atoms with E-state index in [0.29, 0.717) is 0 Å². The van der Waals surface area contributed by atoms with Gasteiger partial charge >= 0.3 is 0 Å². The predicted octanol–water partition coefficient (Wildman–Crippen LogP) is 4.58. The highest BCUT2D eigenvalue weighted by Gasteiger charge is 2.30. The van der Waals surface area contributed by atoms with Gasteiger partial charge in [-0.25, -0.2) is 0 Å². The summed E-state index contributed by atoms with van der Waals surface area (Å²) < 4.78 is 0. The van der Waals surface area contributed by atoms with E-state index in [1.165, 1.54) is 19.3 Å². The van der Waals surface area contributed by atoms with Gasteiger partial charge in [-0.2, -0.15) is 0 Å². The molecule has 2 aliphatic carbocycles. The lowest BCUT2D eigenvalue weighted by Crippen LogP contribution is -2.14. The van der Waals surface area contributed by atoms with Gasteiger partial charge in [-0.05, 0) is 37.0 Å². The third kappa shape index (κ3) is 2.35. The molecule has 0 aromatic carbocycles. The molecule has 0 unspecified atom stereocenters. The van der Waals surface area contributed by atoms with E-state index in [2.05, 4.69) is 45.9 Å². The Morgan fingerprint density at radius 2 is 1.93 bits per heavy atom. The van der Waals surface area contributed by atoms with E-state index in [1.54, 1.807) is 5.57 Å². The van der Waals surface area contributed by atoms with Crippen molar-refractivity contribution in [2.24, 2.45) is 23.2 Å². The molecule has 0 heteroatoms. The van der Waals surface area contributed by atoms with Crippen molar-refractivity contribution in [3.8, 4) is 0 Å². The summed E-state index contributed by atoms with van der Waals surface area (Å²) in [5.41, 5.74) is 2.01. The fourth-order valence-electron chi connectivity index (χ4n) is 3.12. The zero-order chi connectivity index (χ0) is 11.1. The van der Waals surface area contributed by atoms with Crippen LogP contribution in [-0.4, -0.2) is 0 Å². The second-order valence-electron chi connectivity index (χ2n) is 6.21. The average molecular weight is 204 g/mol. The van der Waals surface area contributed by atoms with Gasteiger partial charge in [-0.15, -0.1) is 0 Å². The van der Waals surface area contributed by atoms with Crippen molar-refractivity contribution in [3.05, 3.63) is 23.8 Å². The molecule has 0 aromatic heterocycles. The zero-order valence-corrected chi connectivity index (χ0v) is 10.6. The molecule has 0 aliphatic heterocycles. The van der Waals surface area contributed by atoms with Crippen LogP contribution in [0.4, 0.5) is 0 Å². The average Bonchev–Trinajstić information content (AvgIpc) is 2.44. The van der Waals surface area contributed by atoms with Crippen molar-refractivity contribution in [3.63, 3.8) is 0 Å². The molecule has 0 saturated heterocycles. The van der Waals surface area contributed by atoms with Gasteiger partial charge in [0, 0.05) is 5.41 Å². The Balaban J connectivity index is 2.33. The van der Waals surface area contributed by atoms with Gasteiger partial charge in [-0.3, -0.25) is 0 Å². The second kappa shape index (κ2) is 3.81. The molecule has 0 nitrogen and oxygen atoms in total. The quantitative estimate of drug-likeness (QED) is 0.507. The number of hydrogen-bond donors (Lipinski definition) is 0. The summed E-state index contributed by atoms with van der Waals surface area (Å²) in [5.74, 6) is 2.45. The zero-order valence-electron chi connectivity index (χ0n) is 10.6. The summed E-state index contributed by atoms with van der Waals surface area (Å²) in [4.78, 5) is 0. The molecule has 1 fully saturated rings. The number of rotatable bonds is 0. The smallest absolute Gasteiger partial charge is 0.000738 e. The van der Waals surface area contributed by atoms with E-state index in [1.807, 2.05) is 0 Å². The van der Waals surface area contributed by atoms with Crippen LogP contribution in [0.5, 0.6) is 0 Å². The Bertz CT molecular complexity index is 293. The Labute approximate surface area is 94.5 Å². The molecular formula is C15H24. The van der Waals surface area contributed by atoms with Crippen LogP contribution < -0.4 is 0 Å². The fraction of sp³-hybridized carbons (Fsp3) is 0.733. The number of hydrogen-bond acceptors (Lipinski definition) is 0. The van der Waals surface area contributed by atoms with Crippen LogP contribution in [0, 0.1) is 23.2 Å². The highest BCUT2D eigenvalue weighted by Crippen LogP contribution is 2.43. The fourth-order valence-corrected chi connectivity index (χ4v) is 3.12. The molecule has 2 rings (SSSR count). The molecule has 0 amide bonds. The van der Waals surface area contributed by atoms with Gasteiger partial charge < -0.3 is 0 Å². The van der Waals surface area contributed by atoms with Crippen molar-refractivity contribution in [2.75, 3.05) is 0 Å². The van der Waals surface area contributed by atoms with Crippen LogP contribution in [0.1, 0.15) is 47.0 Å². The summed E-state index contributed by atoms with van der Waals surface area (Å²) in [6.07, 6.45) is 11.5.